The molecule has 2 aromatic rings. The Morgan fingerprint density at radius 1 is 1.07 bits per heavy atom. The van der Waals surface area contributed by atoms with E-state index in [1.54, 1.807) is 22.6 Å². The molecule has 0 atom stereocenters. The van der Waals surface area contributed by atoms with E-state index in [1.807, 2.05) is 24.3 Å². The van der Waals surface area contributed by atoms with Crippen molar-refractivity contribution in [1.29, 1.82) is 0 Å². The number of benzene rings is 2. The number of carbonyl (C=O) groups is 1. The highest BCUT2D eigenvalue weighted by Gasteiger charge is 2.34. The van der Waals surface area contributed by atoms with Crippen molar-refractivity contribution in [2.75, 3.05) is 11.9 Å². The van der Waals surface area contributed by atoms with E-state index < -0.39 is 17.6 Å². The summed E-state index contributed by atoms with van der Waals surface area (Å²) in [6.07, 6.45) is 1.65. The van der Waals surface area contributed by atoms with E-state index in [4.69, 9.17) is 4.74 Å². The third-order valence-corrected chi connectivity index (χ3v) is 5.56. The van der Waals surface area contributed by atoms with Gasteiger partial charge in [-0.2, -0.15) is 13.2 Å². The van der Waals surface area contributed by atoms with E-state index in [0.29, 0.717) is 15.2 Å². The van der Waals surface area contributed by atoms with E-state index in [2.05, 4.69) is 5.32 Å². The van der Waals surface area contributed by atoms with Crippen molar-refractivity contribution in [2.45, 2.75) is 44.2 Å². The molecule has 0 radical (unpaired) electrons. The molecular weight excluding hydrogens is 482 g/mol. The number of hydrogen-bond donors (Lipinski definition) is 1. The first-order valence-corrected chi connectivity index (χ1v) is 10.3. The molecule has 1 N–H and O–H groups in total. The zero-order chi connectivity index (χ0) is 20.1. The molecular formula is C21H21F3INO2. The van der Waals surface area contributed by atoms with Crippen LogP contribution < -0.4 is 10.1 Å². The summed E-state index contributed by atoms with van der Waals surface area (Å²) >= 11 is 1.80. The van der Waals surface area contributed by atoms with Gasteiger partial charge in [-0.1, -0.05) is 31.4 Å². The summed E-state index contributed by atoms with van der Waals surface area (Å²) in [4.78, 5) is 12.1. The smallest absolute Gasteiger partial charge is 0.418 e. The molecule has 1 aliphatic rings. The Morgan fingerprint density at radius 3 is 2.39 bits per heavy atom. The van der Waals surface area contributed by atoms with Crippen LogP contribution in [0.3, 0.4) is 0 Å². The molecule has 28 heavy (non-hydrogen) atoms. The van der Waals surface area contributed by atoms with Crippen LogP contribution in [0.25, 0.3) is 0 Å². The molecule has 0 unspecified atom stereocenters. The lowest BCUT2D eigenvalue weighted by Gasteiger charge is -2.22. The molecule has 0 aromatic heterocycles. The second-order valence-electron chi connectivity index (χ2n) is 6.93. The first kappa shape index (κ1) is 21.0. The van der Waals surface area contributed by atoms with Crippen LogP contribution in [0, 0.1) is 3.57 Å². The van der Waals surface area contributed by atoms with Gasteiger partial charge >= 0.3 is 6.18 Å². The number of anilines is 1. The van der Waals surface area contributed by atoms with Crippen LogP contribution in [-0.2, 0) is 11.0 Å². The molecule has 1 amide bonds. The molecule has 3 rings (SSSR count). The lowest BCUT2D eigenvalue weighted by Crippen LogP contribution is -2.22. The van der Waals surface area contributed by atoms with E-state index in [9.17, 15) is 18.0 Å². The second kappa shape index (κ2) is 9.15. The molecule has 1 fully saturated rings. The van der Waals surface area contributed by atoms with Gasteiger partial charge in [0.25, 0.3) is 5.91 Å². The van der Waals surface area contributed by atoms with Gasteiger partial charge in [0.2, 0.25) is 0 Å². The lowest BCUT2D eigenvalue weighted by atomic mass is 9.84. The number of nitrogens with one attached hydrogen (secondary N) is 1. The SMILES string of the molecule is O=C(COc1ccc(C2CCCCC2)cc1)Nc1ccc(I)cc1C(F)(F)F. The van der Waals surface area contributed by atoms with E-state index in [1.165, 1.54) is 49.8 Å². The molecule has 0 aliphatic heterocycles. The maximum atomic E-state index is 13.1. The maximum Gasteiger partial charge on any atom is 0.418 e. The summed E-state index contributed by atoms with van der Waals surface area (Å²) in [6.45, 7) is -0.355. The molecule has 0 heterocycles. The first-order valence-electron chi connectivity index (χ1n) is 9.22. The summed E-state index contributed by atoms with van der Waals surface area (Å²) in [7, 11) is 0. The van der Waals surface area contributed by atoms with Gasteiger partial charge in [-0.25, -0.2) is 0 Å². The van der Waals surface area contributed by atoms with Crippen LogP contribution >= 0.6 is 22.6 Å². The molecule has 1 aliphatic carbocycles. The zero-order valence-corrected chi connectivity index (χ0v) is 17.3. The van der Waals surface area contributed by atoms with Crippen molar-refractivity contribution in [3.8, 4) is 5.75 Å². The summed E-state index contributed by atoms with van der Waals surface area (Å²) in [5.41, 5.74) is 0.129. The molecule has 150 valence electrons. The Balaban J connectivity index is 1.57. The summed E-state index contributed by atoms with van der Waals surface area (Å²) in [6, 6.07) is 11.4. The zero-order valence-electron chi connectivity index (χ0n) is 15.2. The predicted molar refractivity (Wildman–Crippen MR) is 111 cm³/mol. The van der Waals surface area contributed by atoms with Crippen molar-refractivity contribution in [1.82, 2.24) is 0 Å². The molecule has 7 heteroatoms. The Kier molecular flexibility index (Phi) is 6.85. The molecule has 3 nitrogen and oxygen atoms in total. The molecule has 0 bridgehead atoms. The normalized spacial score (nSPS) is 15.3. The van der Waals surface area contributed by atoms with Gasteiger partial charge in [-0.05, 0) is 77.2 Å². The van der Waals surface area contributed by atoms with Crippen LogP contribution in [-0.4, -0.2) is 12.5 Å². The third-order valence-electron chi connectivity index (χ3n) is 4.89. The van der Waals surface area contributed by atoms with Gasteiger partial charge in [-0.3, -0.25) is 4.79 Å². The number of halogens is 4. The minimum Gasteiger partial charge on any atom is -0.484 e. The van der Waals surface area contributed by atoms with E-state index in [-0.39, 0.29) is 12.3 Å². The molecule has 0 spiro atoms. The Bertz CT molecular complexity index is 815. The van der Waals surface area contributed by atoms with Crippen molar-refractivity contribution in [3.05, 3.63) is 57.2 Å². The predicted octanol–water partition coefficient (Wildman–Crippen LogP) is 6.38. The van der Waals surface area contributed by atoms with Gasteiger partial charge in [0.15, 0.2) is 6.61 Å². The Morgan fingerprint density at radius 2 is 1.75 bits per heavy atom. The summed E-state index contributed by atoms with van der Waals surface area (Å²) < 4.78 is 45.3. The number of alkyl halides is 3. The fourth-order valence-corrected chi connectivity index (χ4v) is 3.96. The molecule has 1 saturated carbocycles. The number of rotatable bonds is 5. The van der Waals surface area contributed by atoms with Crippen LogP contribution in [0.15, 0.2) is 42.5 Å². The maximum absolute atomic E-state index is 13.1. The van der Waals surface area contributed by atoms with Crippen molar-refractivity contribution >= 4 is 34.2 Å². The number of ether oxygens (including phenoxy) is 1. The minimum absolute atomic E-state index is 0.269. The highest BCUT2D eigenvalue weighted by molar-refractivity contribution is 14.1. The highest BCUT2D eigenvalue weighted by Crippen LogP contribution is 2.36. The van der Waals surface area contributed by atoms with Gasteiger partial charge in [0, 0.05) is 3.57 Å². The Hall–Kier alpha value is -1.77. The molecule has 0 saturated heterocycles. The molecule has 2 aromatic carbocycles. The average molecular weight is 503 g/mol. The van der Waals surface area contributed by atoms with Crippen molar-refractivity contribution in [2.24, 2.45) is 0 Å². The van der Waals surface area contributed by atoms with Crippen LogP contribution in [0.5, 0.6) is 5.75 Å². The minimum atomic E-state index is -4.54. The van der Waals surface area contributed by atoms with Gasteiger partial charge in [-0.15, -0.1) is 0 Å². The van der Waals surface area contributed by atoms with Gasteiger partial charge < -0.3 is 10.1 Å². The van der Waals surface area contributed by atoms with Crippen LogP contribution in [0.2, 0.25) is 0 Å². The third kappa shape index (κ3) is 5.62. The highest BCUT2D eigenvalue weighted by atomic mass is 127. The van der Waals surface area contributed by atoms with Crippen LogP contribution in [0.1, 0.15) is 49.1 Å². The largest absolute Gasteiger partial charge is 0.484 e. The van der Waals surface area contributed by atoms with Crippen LogP contribution in [0.4, 0.5) is 18.9 Å². The van der Waals surface area contributed by atoms with Crippen molar-refractivity contribution in [3.63, 3.8) is 0 Å². The second-order valence-corrected chi connectivity index (χ2v) is 8.17. The van der Waals surface area contributed by atoms with Gasteiger partial charge in [0.1, 0.15) is 5.75 Å². The van der Waals surface area contributed by atoms with E-state index in [0.717, 1.165) is 6.07 Å². The summed E-state index contributed by atoms with van der Waals surface area (Å²) in [5.74, 6) is 0.462. The first-order chi connectivity index (χ1) is 13.3. The quantitative estimate of drug-likeness (QED) is 0.482. The topological polar surface area (TPSA) is 38.3 Å². The number of amides is 1. The number of carbonyl (C=O) groups excluding carboxylic acids is 1. The average Bonchev–Trinajstić information content (AvgIpc) is 2.68. The van der Waals surface area contributed by atoms with Gasteiger partial charge in [0.05, 0.1) is 11.3 Å². The Labute approximate surface area is 175 Å². The number of hydrogen-bond acceptors (Lipinski definition) is 2. The monoisotopic (exact) mass is 503 g/mol. The fraction of sp³-hybridized carbons (Fsp3) is 0.381. The summed E-state index contributed by atoms with van der Waals surface area (Å²) in [5, 5.41) is 2.29. The standard InChI is InChI=1S/C21H21F3INO2/c22-21(23,24)18-12-16(25)8-11-19(18)26-20(27)13-28-17-9-6-15(7-10-17)14-4-2-1-3-5-14/h6-12,14H,1-5,13H2,(H,26,27). The van der Waals surface area contributed by atoms with E-state index >= 15 is 0 Å². The lowest BCUT2D eigenvalue weighted by molar-refractivity contribution is -0.137. The fourth-order valence-electron chi connectivity index (χ4n) is 3.47. The van der Waals surface area contributed by atoms with Crippen molar-refractivity contribution < 1.29 is 22.7 Å².